The Morgan fingerprint density at radius 3 is 2.44 bits per heavy atom. The molecule has 0 saturated heterocycles. The zero-order valence-corrected chi connectivity index (χ0v) is 10.3. The largest absolute Gasteiger partial charge is 0.479 e. The van der Waals surface area contributed by atoms with Crippen LogP contribution in [0.15, 0.2) is 28.7 Å². The number of hydrogen-bond acceptors (Lipinski definition) is 2. The molecule has 5 heteroatoms. The average Bonchev–Trinajstić information content (AvgIpc) is 2.27. The second-order valence-electron chi connectivity index (χ2n) is 3.33. The van der Waals surface area contributed by atoms with Crippen molar-refractivity contribution in [2.24, 2.45) is 0 Å². The number of rotatable bonds is 5. The highest BCUT2D eigenvalue weighted by molar-refractivity contribution is 9.10. The summed E-state index contributed by atoms with van der Waals surface area (Å²) >= 11 is 3.27. The van der Waals surface area contributed by atoms with Crippen LogP contribution in [-0.4, -0.2) is 17.5 Å². The van der Waals surface area contributed by atoms with Gasteiger partial charge in [-0.1, -0.05) is 35.0 Å². The van der Waals surface area contributed by atoms with Crippen molar-refractivity contribution in [3.05, 3.63) is 34.3 Å². The van der Waals surface area contributed by atoms with Gasteiger partial charge in [-0.15, -0.1) is 0 Å². The Morgan fingerprint density at radius 2 is 2.06 bits per heavy atom. The molecule has 0 spiro atoms. The molecular formula is C11H12BrNO3. The smallest absolute Gasteiger partial charge is 0.334 e. The maximum Gasteiger partial charge on any atom is 0.334 e. The summed E-state index contributed by atoms with van der Waals surface area (Å²) in [5, 5.41) is 11.6. The van der Waals surface area contributed by atoms with Crippen LogP contribution in [0.5, 0.6) is 0 Å². The van der Waals surface area contributed by atoms with Crippen molar-refractivity contribution in [1.82, 2.24) is 5.32 Å². The molecule has 1 aromatic carbocycles. The Labute approximate surface area is 102 Å². The van der Waals surface area contributed by atoms with Gasteiger partial charge in [0.2, 0.25) is 6.41 Å². The van der Waals surface area contributed by atoms with Crippen LogP contribution in [0, 0.1) is 0 Å². The SMILES string of the molecule is CCC(NC=O)(C(=O)O)c1ccc(Br)cc1. The van der Waals surface area contributed by atoms with E-state index in [1.54, 1.807) is 31.2 Å². The fraction of sp³-hybridized carbons (Fsp3) is 0.273. The summed E-state index contributed by atoms with van der Waals surface area (Å²) in [5.41, 5.74) is -0.791. The minimum absolute atomic E-state index is 0.280. The van der Waals surface area contributed by atoms with Crippen LogP contribution < -0.4 is 5.32 Å². The van der Waals surface area contributed by atoms with Crippen molar-refractivity contribution >= 4 is 28.3 Å². The Morgan fingerprint density at radius 1 is 1.50 bits per heavy atom. The number of nitrogens with one attached hydrogen (secondary N) is 1. The molecule has 0 aliphatic heterocycles. The molecular weight excluding hydrogens is 274 g/mol. The Hall–Kier alpha value is -1.36. The Balaban J connectivity index is 3.23. The predicted molar refractivity (Wildman–Crippen MR) is 62.9 cm³/mol. The number of carbonyl (C=O) groups is 2. The highest BCUT2D eigenvalue weighted by atomic mass is 79.9. The third-order valence-corrected chi connectivity index (χ3v) is 3.07. The van der Waals surface area contributed by atoms with Crippen LogP contribution in [0.3, 0.4) is 0 Å². The van der Waals surface area contributed by atoms with Gasteiger partial charge < -0.3 is 10.4 Å². The maximum atomic E-state index is 11.3. The molecule has 16 heavy (non-hydrogen) atoms. The van der Waals surface area contributed by atoms with Crippen LogP contribution >= 0.6 is 15.9 Å². The van der Waals surface area contributed by atoms with E-state index in [0.717, 1.165) is 4.47 Å². The van der Waals surface area contributed by atoms with Gasteiger partial charge in [0.25, 0.3) is 0 Å². The number of amides is 1. The molecule has 0 radical (unpaired) electrons. The van der Waals surface area contributed by atoms with E-state index in [2.05, 4.69) is 21.2 Å². The first kappa shape index (κ1) is 12.7. The van der Waals surface area contributed by atoms with Gasteiger partial charge in [0.1, 0.15) is 0 Å². The molecule has 0 bridgehead atoms. The zero-order valence-electron chi connectivity index (χ0n) is 8.74. The molecule has 1 unspecified atom stereocenters. The van der Waals surface area contributed by atoms with E-state index >= 15 is 0 Å². The van der Waals surface area contributed by atoms with Crippen LogP contribution in [0.2, 0.25) is 0 Å². The van der Waals surface area contributed by atoms with Gasteiger partial charge in [-0.3, -0.25) is 4.79 Å². The lowest BCUT2D eigenvalue weighted by Crippen LogP contribution is -2.48. The average molecular weight is 286 g/mol. The summed E-state index contributed by atoms with van der Waals surface area (Å²) in [6.07, 6.45) is 0.697. The first-order valence-electron chi connectivity index (χ1n) is 4.77. The van der Waals surface area contributed by atoms with Crippen LogP contribution in [0.25, 0.3) is 0 Å². The first-order chi connectivity index (χ1) is 7.56. The number of benzene rings is 1. The summed E-state index contributed by atoms with van der Waals surface area (Å²) in [5.74, 6) is -1.07. The summed E-state index contributed by atoms with van der Waals surface area (Å²) in [6.45, 7) is 1.71. The van der Waals surface area contributed by atoms with Crippen molar-refractivity contribution in [2.75, 3.05) is 0 Å². The second-order valence-corrected chi connectivity index (χ2v) is 4.25. The second kappa shape index (κ2) is 5.12. The molecule has 0 saturated carbocycles. The highest BCUT2D eigenvalue weighted by Crippen LogP contribution is 2.26. The fourth-order valence-electron chi connectivity index (χ4n) is 1.56. The van der Waals surface area contributed by atoms with Gasteiger partial charge >= 0.3 is 5.97 Å². The molecule has 86 valence electrons. The van der Waals surface area contributed by atoms with Gasteiger partial charge in [0.15, 0.2) is 5.54 Å². The van der Waals surface area contributed by atoms with Crippen molar-refractivity contribution in [3.8, 4) is 0 Å². The van der Waals surface area contributed by atoms with E-state index < -0.39 is 11.5 Å². The molecule has 1 rings (SSSR count). The standard InChI is InChI=1S/C11H12BrNO3/c1-2-11(10(15)16,13-7-14)8-3-5-9(12)6-4-8/h3-7H,2H2,1H3,(H,13,14)(H,15,16). The van der Waals surface area contributed by atoms with Crippen molar-refractivity contribution in [2.45, 2.75) is 18.9 Å². The number of carboxylic acids is 1. The van der Waals surface area contributed by atoms with Gasteiger partial charge in [0.05, 0.1) is 0 Å². The lowest BCUT2D eigenvalue weighted by atomic mass is 9.87. The maximum absolute atomic E-state index is 11.3. The molecule has 1 amide bonds. The summed E-state index contributed by atoms with van der Waals surface area (Å²) in [4.78, 5) is 21.8. The monoisotopic (exact) mass is 285 g/mol. The molecule has 0 aromatic heterocycles. The van der Waals surface area contributed by atoms with Crippen molar-refractivity contribution < 1.29 is 14.7 Å². The molecule has 0 fully saturated rings. The number of hydrogen-bond donors (Lipinski definition) is 2. The first-order valence-corrected chi connectivity index (χ1v) is 5.57. The minimum Gasteiger partial charge on any atom is -0.479 e. The molecule has 0 aliphatic carbocycles. The van der Waals surface area contributed by atoms with Gasteiger partial charge in [-0.05, 0) is 24.1 Å². The Kier molecular flexibility index (Phi) is 4.06. The minimum atomic E-state index is -1.34. The molecule has 1 aromatic rings. The molecule has 4 nitrogen and oxygen atoms in total. The van der Waals surface area contributed by atoms with Crippen LogP contribution in [0.1, 0.15) is 18.9 Å². The lowest BCUT2D eigenvalue weighted by Gasteiger charge is -2.27. The van der Waals surface area contributed by atoms with E-state index in [9.17, 15) is 14.7 Å². The summed E-state index contributed by atoms with van der Waals surface area (Å²) < 4.78 is 0.859. The third-order valence-electron chi connectivity index (χ3n) is 2.54. The van der Waals surface area contributed by atoms with Gasteiger partial charge in [-0.25, -0.2) is 4.79 Å². The predicted octanol–water partition coefficient (Wildman–Crippen LogP) is 1.88. The lowest BCUT2D eigenvalue weighted by molar-refractivity contribution is -0.147. The van der Waals surface area contributed by atoms with E-state index in [1.807, 2.05) is 0 Å². The summed E-state index contributed by atoms with van der Waals surface area (Å²) in [6, 6.07) is 6.85. The van der Waals surface area contributed by atoms with Crippen LogP contribution in [0.4, 0.5) is 0 Å². The van der Waals surface area contributed by atoms with Gasteiger partial charge in [0, 0.05) is 4.47 Å². The molecule has 0 heterocycles. The van der Waals surface area contributed by atoms with Crippen molar-refractivity contribution in [1.29, 1.82) is 0 Å². The fourth-order valence-corrected chi connectivity index (χ4v) is 1.83. The molecule has 0 aliphatic rings. The van der Waals surface area contributed by atoms with Crippen molar-refractivity contribution in [3.63, 3.8) is 0 Å². The molecule has 1 atom stereocenters. The quantitative estimate of drug-likeness (QED) is 0.812. The highest BCUT2D eigenvalue weighted by Gasteiger charge is 2.38. The normalized spacial score (nSPS) is 13.9. The van der Waals surface area contributed by atoms with Crippen LogP contribution in [-0.2, 0) is 15.1 Å². The Bertz CT molecular complexity index is 391. The topological polar surface area (TPSA) is 66.4 Å². The van der Waals surface area contributed by atoms with E-state index in [0.29, 0.717) is 12.0 Å². The third kappa shape index (κ3) is 2.24. The summed E-state index contributed by atoms with van der Waals surface area (Å²) in [7, 11) is 0. The van der Waals surface area contributed by atoms with E-state index in [4.69, 9.17) is 0 Å². The number of halogens is 1. The van der Waals surface area contributed by atoms with E-state index in [-0.39, 0.29) is 6.42 Å². The number of carbonyl (C=O) groups excluding carboxylic acids is 1. The number of carboxylic acid groups (broad SMARTS) is 1. The van der Waals surface area contributed by atoms with E-state index in [1.165, 1.54) is 0 Å². The van der Waals surface area contributed by atoms with Gasteiger partial charge in [-0.2, -0.15) is 0 Å². The molecule has 2 N–H and O–H groups in total. The zero-order chi connectivity index (χ0) is 12.2. The number of aliphatic carboxylic acids is 1.